The van der Waals surface area contributed by atoms with E-state index in [0.29, 0.717) is 18.0 Å². The summed E-state index contributed by atoms with van der Waals surface area (Å²) in [6.45, 7) is 4.48. The number of methoxy groups -OCH3 is 2. The van der Waals surface area contributed by atoms with Crippen LogP contribution >= 0.6 is 0 Å². The van der Waals surface area contributed by atoms with E-state index in [1.54, 1.807) is 19.1 Å². The zero-order valence-corrected chi connectivity index (χ0v) is 17.3. The van der Waals surface area contributed by atoms with Crippen LogP contribution in [0.5, 0.6) is 11.5 Å². The molecule has 154 valence electrons. The van der Waals surface area contributed by atoms with Crippen LogP contribution in [-0.2, 0) is 9.59 Å². The molecule has 1 aliphatic rings. The van der Waals surface area contributed by atoms with Crippen LogP contribution in [0.15, 0.2) is 48.5 Å². The molecule has 0 aliphatic carbocycles. The van der Waals surface area contributed by atoms with Gasteiger partial charge in [0.1, 0.15) is 11.5 Å². The minimum atomic E-state index is -0.396. The van der Waals surface area contributed by atoms with Gasteiger partial charge in [-0.3, -0.25) is 9.59 Å². The lowest BCUT2D eigenvalue weighted by molar-refractivity contribution is -0.127. The number of benzene rings is 2. The highest BCUT2D eigenvalue weighted by molar-refractivity contribution is 6.01. The molecular weight excluding hydrogens is 368 g/mol. The van der Waals surface area contributed by atoms with E-state index in [9.17, 15) is 9.59 Å². The summed E-state index contributed by atoms with van der Waals surface area (Å²) < 4.78 is 10.6. The van der Waals surface area contributed by atoms with Gasteiger partial charge in [0.25, 0.3) is 0 Å². The van der Waals surface area contributed by atoms with Crippen molar-refractivity contribution in [2.24, 2.45) is 11.8 Å². The average Bonchev–Trinajstić information content (AvgIpc) is 3.13. The van der Waals surface area contributed by atoms with Gasteiger partial charge in [0.2, 0.25) is 11.8 Å². The highest BCUT2D eigenvalue weighted by Gasteiger charge is 2.37. The van der Waals surface area contributed by atoms with Crippen LogP contribution in [-0.4, -0.2) is 32.6 Å². The predicted molar refractivity (Wildman–Crippen MR) is 112 cm³/mol. The summed E-state index contributed by atoms with van der Waals surface area (Å²) in [6, 6.07) is 14.9. The molecule has 2 atom stereocenters. The Kier molecular flexibility index (Phi) is 6.42. The number of anilines is 1. The van der Waals surface area contributed by atoms with Gasteiger partial charge in [-0.05, 0) is 35.7 Å². The summed E-state index contributed by atoms with van der Waals surface area (Å²) in [4.78, 5) is 27.2. The summed E-state index contributed by atoms with van der Waals surface area (Å²) in [5.41, 5.74) is 1.71. The predicted octanol–water partition coefficient (Wildman–Crippen LogP) is 3.57. The molecule has 6 nitrogen and oxygen atoms in total. The largest absolute Gasteiger partial charge is 0.497 e. The molecular formula is C23H28N2O4. The van der Waals surface area contributed by atoms with Gasteiger partial charge in [-0.15, -0.1) is 0 Å². The summed E-state index contributed by atoms with van der Waals surface area (Å²) in [6.07, 6.45) is 0.192. The molecule has 2 aromatic rings. The normalized spacial score (nSPS) is 17.3. The highest BCUT2D eigenvalue weighted by atomic mass is 16.5. The first-order chi connectivity index (χ1) is 13.9. The van der Waals surface area contributed by atoms with E-state index in [1.807, 2.05) is 48.5 Å². The second kappa shape index (κ2) is 8.99. The maximum absolute atomic E-state index is 13.0. The average molecular weight is 396 g/mol. The second-order valence-electron chi connectivity index (χ2n) is 7.58. The Balaban J connectivity index is 1.73. The van der Waals surface area contributed by atoms with Gasteiger partial charge in [0, 0.05) is 13.0 Å². The van der Waals surface area contributed by atoms with E-state index in [-0.39, 0.29) is 30.2 Å². The van der Waals surface area contributed by atoms with Gasteiger partial charge < -0.3 is 19.7 Å². The van der Waals surface area contributed by atoms with Crippen molar-refractivity contribution >= 4 is 17.5 Å². The Hall–Kier alpha value is -3.02. The van der Waals surface area contributed by atoms with Crippen LogP contribution in [0.1, 0.15) is 31.9 Å². The number of carbonyl (C=O) groups excluding carboxylic acids is 2. The number of hydrogen-bond donors (Lipinski definition) is 1. The van der Waals surface area contributed by atoms with E-state index in [1.165, 1.54) is 0 Å². The van der Waals surface area contributed by atoms with Crippen molar-refractivity contribution in [1.82, 2.24) is 5.32 Å². The molecule has 29 heavy (non-hydrogen) atoms. The summed E-state index contributed by atoms with van der Waals surface area (Å²) in [5, 5.41) is 3.14. The van der Waals surface area contributed by atoms with Gasteiger partial charge in [0.15, 0.2) is 0 Å². The SMILES string of the molecule is COc1ccc(C(NC(=O)C2CC(=O)N(c3ccccc3OC)C2)C(C)C)cc1. The molecule has 0 radical (unpaired) electrons. The quantitative estimate of drug-likeness (QED) is 0.777. The highest BCUT2D eigenvalue weighted by Crippen LogP contribution is 2.33. The van der Waals surface area contributed by atoms with Crippen molar-refractivity contribution in [3.8, 4) is 11.5 Å². The van der Waals surface area contributed by atoms with Gasteiger partial charge in [-0.2, -0.15) is 0 Å². The Morgan fingerprint density at radius 2 is 1.76 bits per heavy atom. The van der Waals surface area contributed by atoms with Gasteiger partial charge in [-0.25, -0.2) is 0 Å². The smallest absolute Gasteiger partial charge is 0.227 e. The molecule has 2 amide bonds. The zero-order valence-electron chi connectivity index (χ0n) is 17.3. The molecule has 1 fully saturated rings. The molecule has 2 aromatic carbocycles. The molecule has 3 rings (SSSR count). The summed E-state index contributed by atoms with van der Waals surface area (Å²) in [5.74, 6) is 1.03. The third-order valence-electron chi connectivity index (χ3n) is 5.31. The van der Waals surface area contributed by atoms with Crippen LogP contribution < -0.4 is 19.7 Å². The van der Waals surface area contributed by atoms with Crippen LogP contribution in [0.4, 0.5) is 5.69 Å². The van der Waals surface area contributed by atoms with Gasteiger partial charge >= 0.3 is 0 Å². The Morgan fingerprint density at radius 1 is 1.07 bits per heavy atom. The first-order valence-electron chi connectivity index (χ1n) is 9.82. The maximum atomic E-state index is 13.0. The molecule has 6 heteroatoms. The van der Waals surface area contributed by atoms with Gasteiger partial charge in [0.05, 0.1) is 31.9 Å². The van der Waals surface area contributed by atoms with Crippen LogP contribution in [0.3, 0.4) is 0 Å². The van der Waals surface area contributed by atoms with Crippen LogP contribution in [0, 0.1) is 11.8 Å². The number of amides is 2. The molecule has 1 saturated heterocycles. The van der Waals surface area contributed by atoms with Crippen LogP contribution in [0.2, 0.25) is 0 Å². The Labute approximate surface area is 171 Å². The van der Waals surface area contributed by atoms with E-state index >= 15 is 0 Å². The van der Waals surface area contributed by atoms with Crippen molar-refractivity contribution in [2.75, 3.05) is 25.7 Å². The lowest BCUT2D eigenvalue weighted by Crippen LogP contribution is -2.37. The molecule has 0 spiro atoms. The molecule has 0 saturated carbocycles. The minimum absolute atomic E-state index is 0.0693. The number of nitrogens with one attached hydrogen (secondary N) is 1. The van der Waals surface area contributed by atoms with Crippen molar-refractivity contribution in [1.29, 1.82) is 0 Å². The third kappa shape index (κ3) is 4.53. The fraction of sp³-hybridized carbons (Fsp3) is 0.391. The first kappa shape index (κ1) is 20.7. The maximum Gasteiger partial charge on any atom is 0.227 e. The number of rotatable bonds is 7. The second-order valence-corrected chi connectivity index (χ2v) is 7.58. The molecule has 0 bridgehead atoms. The number of hydrogen-bond acceptors (Lipinski definition) is 4. The lowest BCUT2D eigenvalue weighted by Gasteiger charge is -2.25. The fourth-order valence-electron chi connectivity index (χ4n) is 3.69. The Bertz CT molecular complexity index is 863. The first-order valence-corrected chi connectivity index (χ1v) is 9.82. The fourth-order valence-corrected chi connectivity index (χ4v) is 3.69. The zero-order chi connectivity index (χ0) is 21.0. The van der Waals surface area contributed by atoms with Crippen LogP contribution in [0.25, 0.3) is 0 Å². The molecule has 0 aromatic heterocycles. The molecule has 2 unspecified atom stereocenters. The third-order valence-corrected chi connectivity index (χ3v) is 5.31. The number of para-hydroxylation sites is 2. The Morgan fingerprint density at radius 3 is 2.38 bits per heavy atom. The minimum Gasteiger partial charge on any atom is -0.497 e. The summed E-state index contributed by atoms with van der Waals surface area (Å²) >= 11 is 0. The van der Waals surface area contributed by atoms with Crippen molar-refractivity contribution in [3.63, 3.8) is 0 Å². The lowest BCUT2D eigenvalue weighted by atomic mass is 9.95. The van der Waals surface area contributed by atoms with Crippen molar-refractivity contribution in [2.45, 2.75) is 26.3 Å². The van der Waals surface area contributed by atoms with E-state index < -0.39 is 5.92 Å². The molecule has 1 N–H and O–H groups in total. The topological polar surface area (TPSA) is 67.9 Å². The van der Waals surface area contributed by atoms with Gasteiger partial charge in [-0.1, -0.05) is 38.1 Å². The van der Waals surface area contributed by atoms with E-state index in [4.69, 9.17) is 9.47 Å². The molecule has 1 heterocycles. The number of carbonyl (C=O) groups is 2. The molecule has 1 aliphatic heterocycles. The number of nitrogens with zero attached hydrogens (tertiary/aromatic N) is 1. The standard InChI is InChI=1S/C23H28N2O4/c1-15(2)22(16-9-11-18(28-3)12-10-16)24-23(27)17-13-21(26)25(14-17)19-7-5-6-8-20(19)29-4/h5-12,15,17,22H,13-14H2,1-4H3,(H,24,27). The van der Waals surface area contributed by atoms with E-state index in [2.05, 4.69) is 19.2 Å². The van der Waals surface area contributed by atoms with E-state index in [0.717, 1.165) is 11.3 Å². The van der Waals surface area contributed by atoms with Crippen molar-refractivity contribution < 1.29 is 19.1 Å². The monoisotopic (exact) mass is 396 g/mol. The number of ether oxygens (including phenoxy) is 2. The summed E-state index contributed by atoms with van der Waals surface area (Å²) in [7, 11) is 3.20. The van der Waals surface area contributed by atoms with Crippen molar-refractivity contribution in [3.05, 3.63) is 54.1 Å².